The zero-order valence-corrected chi connectivity index (χ0v) is 24.5. The number of hydrogen-bond acceptors (Lipinski definition) is 7. The number of aromatic nitrogens is 1. The normalized spacial score (nSPS) is 25.6. The summed E-state index contributed by atoms with van der Waals surface area (Å²) in [6.07, 6.45) is 0.202. The van der Waals surface area contributed by atoms with Crippen LogP contribution in [0.1, 0.15) is 62.5 Å². The molecule has 0 spiro atoms. The summed E-state index contributed by atoms with van der Waals surface area (Å²) in [5, 5.41) is 19.6. The molecule has 2 fully saturated rings. The number of amides is 3. The first kappa shape index (κ1) is 30.4. The Morgan fingerprint density at radius 3 is 2.27 bits per heavy atom. The van der Waals surface area contributed by atoms with Crippen molar-refractivity contribution >= 4 is 17.9 Å². The SMILES string of the molecule is Cc1cc(COc2ccc(C3(N)CCN(C(C(=O)NO)C4CC[N+](C(=O)O)(C(C)(C)C)CC4)C3=O)cc2)cc(C)n1. The third-order valence-corrected chi connectivity index (χ3v) is 8.88. The van der Waals surface area contributed by atoms with Crippen LogP contribution < -0.4 is 16.0 Å². The highest BCUT2D eigenvalue weighted by atomic mass is 16.5. The third kappa shape index (κ3) is 5.79. The van der Waals surface area contributed by atoms with E-state index in [9.17, 15) is 24.7 Å². The maximum atomic E-state index is 13.8. The van der Waals surface area contributed by atoms with Crippen molar-refractivity contribution in [3.8, 4) is 5.75 Å². The highest BCUT2D eigenvalue weighted by Crippen LogP contribution is 2.39. The number of nitrogens with one attached hydrogen (secondary N) is 1. The number of hydrogen-bond donors (Lipinski definition) is 4. The number of carbonyl (C=O) groups is 3. The molecule has 2 aliphatic rings. The minimum Gasteiger partial charge on any atom is -0.489 e. The average molecular weight is 569 g/mol. The summed E-state index contributed by atoms with van der Waals surface area (Å²) < 4.78 is 5.81. The minimum atomic E-state index is -1.34. The molecule has 2 saturated heterocycles. The van der Waals surface area contributed by atoms with Gasteiger partial charge in [-0.3, -0.25) is 19.8 Å². The van der Waals surface area contributed by atoms with Gasteiger partial charge in [0.25, 0.3) is 5.91 Å². The molecule has 11 heteroatoms. The van der Waals surface area contributed by atoms with E-state index in [1.807, 2.05) is 46.8 Å². The standard InChI is InChI=1S/C30H41N5O6/c1-19-16-21(17-20(2)32-19)18-41-24-8-6-23(7-9-24)30(31)12-13-34(27(30)37)25(26(36)33-40)22-10-14-35(15-11-22,28(38)39)29(3,4)5/h6-9,16-17,22,25H,10-15,18,31H2,1-5H3,(H2-,33,36,38,39,40)/p+1. The van der Waals surface area contributed by atoms with Crippen molar-refractivity contribution in [1.29, 1.82) is 0 Å². The van der Waals surface area contributed by atoms with Crippen LogP contribution in [0.4, 0.5) is 4.79 Å². The largest absolute Gasteiger partial charge is 0.513 e. The minimum absolute atomic E-state index is 0.124. The van der Waals surface area contributed by atoms with Gasteiger partial charge in [-0.1, -0.05) is 12.1 Å². The van der Waals surface area contributed by atoms with Crippen LogP contribution in [0.5, 0.6) is 5.75 Å². The van der Waals surface area contributed by atoms with E-state index in [0.717, 1.165) is 17.0 Å². The number of carbonyl (C=O) groups excluding carboxylic acids is 2. The fourth-order valence-corrected chi connectivity index (χ4v) is 6.48. The smallest absolute Gasteiger partial charge is 0.489 e. The molecule has 3 heterocycles. The number of nitrogens with two attached hydrogens (primary N) is 1. The summed E-state index contributed by atoms with van der Waals surface area (Å²) in [6.45, 7) is 10.8. The number of hydroxylamine groups is 1. The van der Waals surface area contributed by atoms with Gasteiger partial charge in [-0.15, -0.1) is 0 Å². The molecule has 2 atom stereocenters. The number of likely N-dealkylation sites (tertiary alicyclic amines) is 2. The van der Waals surface area contributed by atoms with Crippen molar-refractivity contribution in [3.63, 3.8) is 0 Å². The average Bonchev–Trinajstić information content (AvgIpc) is 3.21. The van der Waals surface area contributed by atoms with Crippen molar-refractivity contribution in [2.24, 2.45) is 11.7 Å². The van der Waals surface area contributed by atoms with Gasteiger partial charge in [0, 0.05) is 30.8 Å². The predicted molar refractivity (Wildman–Crippen MR) is 151 cm³/mol. The number of aryl methyl sites for hydroxylation is 2. The number of nitrogens with zero attached hydrogens (tertiary/aromatic N) is 3. The van der Waals surface area contributed by atoms with Crippen molar-refractivity contribution < 1.29 is 33.9 Å². The quantitative estimate of drug-likeness (QED) is 0.225. The molecule has 1 aromatic carbocycles. The zero-order valence-electron chi connectivity index (χ0n) is 24.5. The second-order valence-corrected chi connectivity index (χ2v) is 12.4. The Labute approximate surface area is 240 Å². The van der Waals surface area contributed by atoms with Crippen molar-refractivity contribution in [2.45, 2.75) is 77.6 Å². The van der Waals surface area contributed by atoms with Crippen LogP contribution in [0.2, 0.25) is 0 Å². The summed E-state index contributed by atoms with van der Waals surface area (Å²) in [5.74, 6) is -0.782. The van der Waals surface area contributed by atoms with E-state index in [1.54, 1.807) is 29.7 Å². The first-order valence-corrected chi connectivity index (χ1v) is 14.0. The Bertz CT molecular complexity index is 1280. The van der Waals surface area contributed by atoms with E-state index >= 15 is 0 Å². The highest BCUT2D eigenvalue weighted by Gasteiger charge is 2.55. The Morgan fingerprint density at radius 1 is 1.17 bits per heavy atom. The molecule has 222 valence electrons. The lowest BCUT2D eigenvalue weighted by Gasteiger charge is -2.48. The lowest BCUT2D eigenvalue weighted by Crippen LogP contribution is -2.67. The molecule has 0 radical (unpaired) electrons. The Balaban J connectivity index is 1.48. The van der Waals surface area contributed by atoms with Crippen LogP contribution in [-0.4, -0.2) is 73.8 Å². The lowest BCUT2D eigenvalue weighted by molar-refractivity contribution is -0.909. The topological polar surface area (TPSA) is 155 Å². The summed E-state index contributed by atoms with van der Waals surface area (Å²) in [7, 11) is 0. The predicted octanol–water partition coefficient (Wildman–Crippen LogP) is 3.24. The van der Waals surface area contributed by atoms with Gasteiger partial charge >= 0.3 is 6.09 Å². The Hall–Kier alpha value is -3.54. The highest BCUT2D eigenvalue weighted by molar-refractivity contribution is 5.94. The third-order valence-electron chi connectivity index (χ3n) is 8.88. The monoisotopic (exact) mass is 568 g/mol. The molecule has 2 aromatic rings. The van der Waals surface area contributed by atoms with Gasteiger partial charge < -0.3 is 20.5 Å². The molecule has 2 unspecified atom stereocenters. The zero-order chi connectivity index (χ0) is 30.2. The van der Waals surface area contributed by atoms with E-state index in [1.165, 1.54) is 4.90 Å². The van der Waals surface area contributed by atoms with E-state index in [0.29, 0.717) is 50.3 Å². The van der Waals surface area contributed by atoms with Gasteiger partial charge in [-0.25, -0.2) is 9.96 Å². The van der Waals surface area contributed by atoms with E-state index in [2.05, 4.69) is 4.98 Å². The van der Waals surface area contributed by atoms with E-state index in [-0.39, 0.29) is 16.9 Å². The second kappa shape index (κ2) is 11.4. The number of carboxylic acid groups (broad SMARTS) is 1. The number of benzene rings is 1. The van der Waals surface area contributed by atoms with Crippen LogP contribution in [0.25, 0.3) is 0 Å². The van der Waals surface area contributed by atoms with Crippen LogP contribution in [0.15, 0.2) is 36.4 Å². The molecule has 2 aliphatic heterocycles. The van der Waals surface area contributed by atoms with Crippen LogP contribution in [0, 0.1) is 19.8 Å². The van der Waals surface area contributed by atoms with Gasteiger partial charge in [0.1, 0.15) is 29.5 Å². The Morgan fingerprint density at radius 2 is 1.76 bits per heavy atom. The fraction of sp³-hybridized carbons (Fsp3) is 0.533. The first-order chi connectivity index (χ1) is 19.2. The summed E-state index contributed by atoms with van der Waals surface area (Å²) in [4.78, 5) is 44.8. The van der Waals surface area contributed by atoms with Crippen LogP contribution >= 0.6 is 0 Å². The number of quaternary nitrogens is 1. The lowest BCUT2D eigenvalue weighted by atomic mass is 9.84. The molecule has 4 rings (SSSR count). The number of piperidine rings is 1. The molecule has 3 amide bonds. The van der Waals surface area contributed by atoms with Gasteiger partial charge in [-0.2, -0.15) is 4.79 Å². The molecule has 0 bridgehead atoms. The summed E-state index contributed by atoms with van der Waals surface area (Å²) >= 11 is 0. The van der Waals surface area contributed by atoms with Crippen molar-refractivity contribution in [3.05, 3.63) is 58.9 Å². The molecular formula is C30H42N5O6+. The molecule has 1 aromatic heterocycles. The molecule has 0 aliphatic carbocycles. The molecular weight excluding hydrogens is 526 g/mol. The first-order valence-electron chi connectivity index (χ1n) is 14.0. The molecule has 11 nitrogen and oxygen atoms in total. The number of pyridine rings is 1. The van der Waals surface area contributed by atoms with E-state index in [4.69, 9.17) is 10.5 Å². The summed E-state index contributed by atoms with van der Waals surface area (Å²) in [5.41, 5.74) is 10.0. The van der Waals surface area contributed by atoms with Gasteiger partial charge in [0.05, 0.1) is 13.1 Å². The number of ether oxygens (including phenoxy) is 1. The van der Waals surface area contributed by atoms with E-state index < -0.39 is 35.0 Å². The van der Waals surface area contributed by atoms with Gasteiger partial charge in [0.15, 0.2) is 0 Å². The second-order valence-electron chi connectivity index (χ2n) is 12.4. The van der Waals surface area contributed by atoms with Crippen molar-refractivity contribution in [1.82, 2.24) is 15.4 Å². The van der Waals surface area contributed by atoms with Gasteiger partial charge in [-0.05, 0) is 82.3 Å². The van der Waals surface area contributed by atoms with Crippen molar-refractivity contribution in [2.75, 3.05) is 19.6 Å². The maximum absolute atomic E-state index is 13.8. The van der Waals surface area contributed by atoms with Crippen LogP contribution in [0.3, 0.4) is 0 Å². The maximum Gasteiger partial charge on any atom is 0.513 e. The molecule has 5 N–H and O–H groups in total. The molecule has 0 saturated carbocycles. The summed E-state index contributed by atoms with van der Waals surface area (Å²) in [6, 6.07) is 10.1. The number of rotatable bonds is 7. The van der Waals surface area contributed by atoms with Crippen LogP contribution in [-0.2, 0) is 21.7 Å². The Kier molecular flexibility index (Phi) is 8.45. The van der Waals surface area contributed by atoms with Gasteiger partial charge in [0.2, 0.25) is 5.91 Å². The fourth-order valence-electron chi connectivity index (χ4n) is 6.48. The molecule has 41 heavy (non-hydrogen) atoms.